The first-order valence-electron chi connectivity index (χ1n) is 8.54. The smallest absolute Gasteiger partial charge is 0.332 e. The van der Waals surface area contributed by atoms with Crippen LogP contribution < -0.4 is 10.6 Å². The topological polar surface area (TPSA) is 93.7 Å². The molecule has 0 radical (unpaired) electrons. The summed E-state index contributed by atoms with van der Waals surface area (Å²) in [6.45, 7) is 1.84. The van der Waals surface area contributed by atoms with Gasteiger partial charge in [0, 0.05) is 13.2 Å². The van der Waals surface area contributed by atoms with Crippen LogP contribution in [0.4, 0.5) is 5.69 Å². The van der Waals surface area contributed by atoms with Crippen LogP contribution in [0.3, 0.4) is 0 Å². The summed E-state index contributed by atoms with van der Waals surface area (Å²) in [4.78, 5) is 35.8. The van der Waals surface area contributed by atoms with Gasteiger partial charge >= 0.3 is 5.97 Å². The molecule has 0 aliphatic carbocycles. The summed E-state index contributed by atoms with van der Waals surface area (Å²) < 4.78 is 9.71. The van der Waals surface area contributed by atoms with Crippen molar-refractivity contribution in [3.63, 3.8) is 0 Å². The average Bonchev–Trinajstić information content (AvgIpc) is 2.70. The normalized spacial score (nSPS) is 10.1. The van der Waals surface area contributed by atoms with Gasteiger partial charge < -0.3 is 20.1 Å². The quantitative estimate of drug-likeness (QED) is 0.660. The lowest BCUT2D eigenvalue weighted by atomic mass is 10.1. The molecule has 7 nitrogen and oxygen atoms in total. The standard InChI is InChI=1S/C20H22N2O5/c1-2-26-14-19(24)27-13-18(23)22-17-11-7-6-10-16(17)20(25)21-12-15-8-4-3-5-9-15/h3-11H,2,12-14H2,1H3,(H,21,25)(H,22,23). The minimum Gasteiger partial charge on any atom is -0.454 e. The summed E-state index contributed by atoms with van der Waals surface area (Å²) in [7, 11) is 0. The molecule has 7 heteroatoms. The summed E-state index contributed by atoms with van der Waals surface area (Å²) in [5.41, 5.74) is 1.63. The maximum Gasteiger partial charge on any atom is 0.332 e. The van der Waals surface area contributed by atoms with Gasteiger partial charge in [0.1, 0.15) is 6.61 Å². The van der Waals surface area contributed by atoms with Gasteiger partial charge in [0.05, 0.1) is 11.3 Å². The fourth-order valence-electron chi connectivity index (χ4n) is 2.22. The number of carbonyl (C=O) groups is 3. The first kappa shape index (κ1) is 20.1. The van der Waals surface area contributed by atoms with E-state index in [0.717, 1.165) is 5.56 Å². The molecule has 0 spiro atoms. The molecule has 2 aromatic rings. The van der Waals surface area contributed by atoms with Crippen molar-refractivity contribution < 1.29 is 23.9 Å². The number of hydrogen-bond acceptors (Lipinski definition) is 5. The van der Waals surface area contributed by atoms with Crippen LogP contribution in [0.1, 0.15) is 22.8 Å². The first-order valence-corrected chi connectivity index (χ1v) is 8.54. The third kappa shape index (κ3) is 6.91. The van der Waals surface area contributed by atoms with Crippen LogP contribution >= 0.6 is 0 Å². The highest BCUT2D eigenvalue weighted by atomic mass is 16.6. The maximum absolute atomic E-state index is 12.4. The van der Waals surface area contributed by atoms with Gasteiger partial charge in [-0.15, -0.1) is 0 Å². The summed E-state index contributed by atoms with van der Waals surface area (Å²) >= 11 is 0. The molecule has 27 heavy (non-hydrogen) atoms. The third-order valence-electron chi connectivity index (χ3n) is 3.53. The van der Waals surface area contributed by atoms with Crippen LogP contribution in [-0.4, -0.2) is 37.6 Å². The molecule has 0 aromatic heterocycles. The van der Waals surface area contributed by atoms with Crippen LogP contribution in [-0.2, 0) is 25.6 Å². The SMILES string of the molecule is CCOCC(=O)OCC(=O)Nc1ccccc1C(=O)NCc1ccccc1. The molecule has 0 aliphatic heterocycles. The number of benzene rings is 2. The van der Waals surface area contributed by atoms with Gasteiger partial charge in [-0.2, -0.15) is 0 Å². The van der Waals surface area contributed by atoms with Crippen molar-refractivity contribution >= 4 is 23.5 Å². The van der Waals surface area contributed by atoms with E-state index in [1.54, 1.807) is 31.2 Å². The van der Waals surface area contributed by atoms with E-state index in [0.29, 0.717) is 24.4 Å². The van der Waals surface area contributed by atoms with Gasteiger partial charge in [0.15, 0.2) is 6.61 Å². The largest absolute Gasteiger partial charge is 0.454 e. The summed E-state index contributed by atoms with van der Waals surface area (Å²) in [6.07, 6.45) is 0. The number of anilines is 1. The van der Waals surface area contributed by atoms with E-state index >= 15 is 0 Å². The molecular weight excluding hydrogens is 348 g/mol. The molecule has 0 aliphatic rings. The highest BCUT2D eigenvalue weighted by Gasteiger charge is 2.14. The van der Waals surface area contributed by atoms with Crippen molar-refractivity contribution in [1.29, 1.82) is 0 Å². The van der Waals surface area contributed by atoms with Crippen molar-refractivity contribution in [2.45, 2.75) is 13.5 Å². The maximum atomic E-state index is 12.4. The molecule has 0 heterocycles. The minimum atomic E-state index is -0.624. The van der Waals surface area contributed by atoms with Gasteiger partial charge in [-0.3, -0.25) is 9.59 Å². The zero-order valence-corrected chi connectivity index (χ0v) is 15.1. The highest BCUT2D eigenvalue weighted by molar-refractivity contribution is 6.04. The fraction of sp³-hybridized carbons (Fsp3) is 0.250. The van der Waals surface area contributed by atoms with Crippen LogP contribution in [0.5, 0.6) is 0 Å². The summed E-state index contributed by atoms with van der Waals surface area (Å²) in [6, 6.07) is 16.1. The van der Waals surface area contributed by atoms with E-state index in [1.165, 1.54) is 0 Å². The van der Waals surface area contributed by atoms with Gasteiger partial charge in [-0.1, -0.05) is 42.5 Å². The Morgan fingerprint density at radius 2 is 1.63 bits per heavy atom. The molecule has 0 fully saturated rings. The Morgan fingerprint density at radius 3 is 2.37 bits per heavy atom. The van der Waals surface area contributed by atoms with Gasteiger partial charge in [0.2, 0.25) is 0 Å². The Balaban J connectivity index is 1.91. The summed E-state index contributed by atoms with van der Waals surface area (Å²) in [5, 5.41) is 5.39. The summed E-state index contributed by atoms with van der Waals surface area (Å²) in [5.74, 6) is -1.48. The molecule has 2 amide bonds. The Bertz CT molecular complexity index is 777. The zero-order chi connectivity index (χ0) is 19.5. The lowest BCUT2D eigenvalue weighted by Crippen LogP contribution is -2.26. The Labute approximate surface area is 157 Å². The number of amides is 2. The fourth-order valence-corrected chi connectivity index (χ4v) is 2.22. The van der Waals surface area contributed by atoms with Crippen LogP contribution in [0, 0.1) is 0 Å². The van der Waals surface area contributed by atoms with Gasteiger partial charge in [0.25, 0.3) is 11.8 Å². The number of nitrogens with one attached hydrogen (secondary N) is 2. The number of ether oxygens (including phenoxy) is 2. The molecule has 0 unspecified atom stereocenters. The second-order valence-corrected chi connectivity index (χ2v) is 5.56. The Morgan fingerprint density at radius 1 is 0.926 bits per heavy atom. The van der Waals surface area contributed by atoms with Crippen molar-refractivity contribution in [1.82, 2.24) is 5.32 Å². The third-order valence-corrected chi connectivity index (χ3v) is 3.53. The minimum absolute atomic E-state index is 0.206. The molecule has 2 aromatic carbocycles. The second kappa shape index (κ2) is 10.7. The van der Waals surface area contributed by atoms with E-state index < -0.39 is 18.5 Å². The van der Waals surface area contributed by atoms with Crippen molar-refractivity contribution in [3.8, 4) is 0 Å². The lowest BCUT2D eigenvalue weighted by molar-refractivity contribution is -0.151. The highest BCUT2D eigenvalue weighted by Crippen LogP contribution is 2.15. The number of hydrogen-bond donors (Lipinski definition) is 2. The van der Waals surface area contributed by atoms with Crippen molar-refractivity contribution in [2.24, 2.45) is 0 Å². The molecule has 0 bridgehead atoms. The van der Waals surface area contributed by atoms with E-state index in [2.05, 4.69) is 10.6 Å². The van der Waals surface area contributed by atoms with Crippen LogP contribution in [0.2, 0.25) is 0 Å². The predicted octanol–water partition coefficient (Wildman–Crippen LogP) is 2.13. The molecule has 0 saturated heterocycles. The molecule has 2 rings (SSSR count). The molecule has 0 saturated carbocycles. The first-order chi connectivity index (χ1) is 13.1. The van der Waals surface area contributed by atoms with Crippen LogP contribution in [0.15, 0.2) is 54.6 Å². The Kier molecular flexibility index (Phi) is 7.99. The van der Waals surface area contributed by atoms with E-state index in [-0.39, 0.29) is 12.5 Å². The van der Waals surface area contributed by atoms with Gasteiger partial charge in [-0.05, 0) is 24.6 Å². The molecule has 142 valence electrons. The molecule has 0 atom stereocenters. The number of carbonyl (C=O) groups excluding carboxylic acids is 3. The second-order valence-electron chi connectivity index (χ2n) is 5.56. The van der Waals surface area contributed by atoms with Gasteiger partial charge in [-0.25, -0.2) is 4.79 Å². The van der Waals surface area contributed by atoms with E-state index in [1.807, 2.05) is 30.3 Å². The zero-order valence-electron chi connectivity index (χ0n) is 15.1. The number of esters is 1. The lowest BCUT2D eigenvalue weighted by Gasteiger charge is -2.12. The average molecular weight is 370 g/mol. The Hall–Kier alpha value is -3.19. The number of rotatable bonds is 9. The molecule has 2 N–H and O–H groups in total. The van der Waals surface area contributed by atoms with Crippen LogP contribution in [0.25, 0.3) is 0 Å². The van der Waals surface area contributed by atoms with Crippen molar-refractivity contribution in [3.05, 3.63) is 65.7 Å². The molecular formula is C20H22N2O5. The number of para-hydroxylation sites is 1. The monoisotopic (exact) mass is 370 g/mol. The predicted molar refractivity (Wildman–Crippen MR) is 100 cm³/mol. The van der Waals surface area contributed by atoms with Crippen molar-refractivity contribution in [2.75, 3.05) is 25.1 Å². The van der Waals surface area contributed by atoms with E-state index in [4.69, 9.17) is 9.47 Å². The van der Waals surface area contributed by atoms with E-state index in [9.17, 15) is 14.4 Å².